The quantitative estimate of drug-likeness (QED) is 0.734. The molecule has 1 atom stereocenters. The van der Waals surface area contributed by atoms with Gasteiger partial charge >= 0.3 is 0 Å². The van der Waals surface area contributed by atoms with E-state index in [0.29, 0.717) is 11.5 Å². The first-order valence-electron chi connectivity index (χ1n) is 6.94. The number of rotatable bonds is 6. The van der Waals surface area contributed by atoms with Crippen LogP contribution in [-0.4, -0.2) is 29.9 Å². The van der Waals surface area contributed by atoms with Gasteiger partial charge in [0.25, 0.3) is 0 Å². The molecule has 122 valence electrons. The van der Waals surface area contributed by atoms with E-state index in [9.17, 15) is 8.42 Å². The molecular weight excluding hydrogens is 320 g/mol. The van der Waals surface area contributed by atoms with E-state index in [1.165, 1.54) is 6.26 Å². The van der Waals surface area contributed by atoms with Crippen LogP contribution in [0.2, 0.25) is 0 Å². The summed E-state index contributed by atoms with van der Waals surface area (Å²) in [5.41, 5.74) is 0.323. The van der Waals surface area contributed by atoms with Crippen LogP contribution < -0.4 is 4.72 Å². The summed E-state index contributed by atoms with van der Waals surface area (Å²) in [6, 6.07) is 4.89. The van der Waals surface area contributed by atoms with Gasteiger partial charge in [-0.1, -0.05) is 5.16 Å². The summed E-state index contributed by atoms with van der Waals surface area (Å²) >= 11 is 0. The van der Waals surface area contributed by atoms with E-state index in [1.54, 1.807) is 49.1 Å². The fourth-order valence-corrected chi connectivity index (χ4v) is 3.75. The van der Waals surface area contributed by atoms with Crippen LogP contribution in [0.3, 0.4) is 0 Å². The van der Waals surface area contributed by atoms with Crippen LogP contribution in [0.25, 0.3) is 0 Å². The topological polar surface area (TPSA) is 103 Å². The maximum atomic E-state index is 12.5. The van der Waals surface area contributed by atoms with Crippen molar-refractivity contribution in [3.63, 3.8) is 0 Å². The fourth-order valence-electron chi connectivity index (χ4n) is 2.39. The minimum Gasteiger partial charge on any atom is -0.467 e. The van der Waals surface area contributed by atoms with Crippen molar-refractivity contribution in [3.8, 4) is 0 Å². The van der Waals surface area contributed by atoms with Gasteiger partial charge in [0.1, 0.15) is 22.4 Å². The Morgan fingerprint density at radius 1 is 1.35 bits per heavy atom. The summed E-state index contributed by atoms with van der Waals surface area (Å²) in [5.74, 6) is 0.860. The predicted octanol–water partition coefficient (Wildman–Crippen LogP) is 1.65. The molecule has 0 radical (unpaired) electrons. The van der Waals surface area contributed by atoms with Gasteiger partial charge in [-0.3, -0.25) is 4.68 Å². The van der Waals surface area contributed by atoms with Crippen LogP contribution >= 0.6 is 0 Å². The number of hydrogen-bond donors (Lipinski definition) is 1. The van der Waals surface area contributed by atoms with E-state index in [1.807, 2.05) is 0 Å². The second-order valence-corrected chi connectivity index (χ2v) is 6.73. The molecule has 0 spiro atoms. The summed E-state index contributed by atoms with van der Waals surface area (Å²) in [6.07, 6.45) is 4.91. The SMILES string of the molecule is Cc1noc(C)c1S(=O)(=O)NCC(c1ccco1)n1cccn1. The molecule has 0 aliphatic rings. The first kappa shape index (κ1) is 15.5. The molecule has 1 unspecified atom stereocenters. The van der Waals surface area contributed by atoms with Crippen molar-refractivity contribution in [2.24, 2.45) is 0 Å². The first-order chi connectivity index (χ1) is 11.0. The van der Waals surface area contributed by atoms with E-state index >= 15 is 0 Å². The molecule has 0 bridgehead atoms. The van der Waals surface area contributed by atoms with Crippen LogP contribution in [0.1, 0.15) is 23.3 Å². The number of aromatic nitrogens is 3. The monoisotopic (exact) mass is 336 g/mol. The molecule has 0 aromatic carbocycles. The molecule has 23 heavy (non-hydrogen) atoms. The Bertz CT molecular complexity index is 812. The lowest BCUT2D eigenvalue weighted by Crippen LogP contribution is -2.32. The van der Waals surface area contributed by atoms with Crippen molar-refractivity contribution in [1.29, 1.82) is 0 Å². The second-order valence-electron chi connectivity index (χ2n) is 5.02. The van der Waals surface area contributed by atoms with Gasteiger partial charge in [0.05, 0.1) is 6.26 Å². The molecule has 0 amide bonds. The molecule has 0 aliphatic heterocycles. The highest BCUT2D eigenvalue weighted by atomic mass is 32.2. The average molecular weight is 336 g/mol. The van der Waals surface area contributed by atoms with Crippen molar-refractivity contribution in [3.05, 3.63) is 54.1 Å². The smallest absolute Gasteiger partial charge is 0.246 e. The van der Waals surface area contributed by atoms with Crippen LogP contribution in [0, 0.1) is 13.8 Å². The molecule has 3 aromatic heterocycles. The van der Waals surface area contributed by atoms with Gasteiger partial charge in [-0.05, 0) is 32.0 Å². The molecule has 3 aromatic rings. The van der Waals surface area contributed by atoms with Gasteiger partial charge in [0.15, 0.2) is 5.76 Å². The number of sulfonamides is 1. The van der Waals surface area contributed by atoms with Crippen LogP contribution in [0.15, 0.2) is 50.7 Å². The van der Waals surface area contributed by atoms with Gasteiger partial charge in [-0.2, -0.15) is 5.10 Å². The summed E-state index contributed by atoms with van der Waals surface area (Å²) in [6.45, 7) is 3.23. The third-order valence-electron chi connectivity index (χ3n) is 3.42. The second kappa shape index (κ2) is 6.01. The highest BCUT2D eigenvalue weighted by Crippen LogP contribution is 2.21. The highest BCUT2D eigenvalue weighted by molar-refractivity contribution is 7.89. The first-order valence-corrected chi connectivity index (χ1v) is 8.42. The summed E-state index contributed by atoms with van der Waals surface area (Å²) in [5, 5.41) is 7.84. The lowest BCUT2D eigenvalue weighted by atomic mass is 10.2. The molecule has 1 N–H and O–H groups in total. The number of furan rings is 1. The van der Waals surface area contributed by atoms with Crippen molar-refractivity contribution >= 4 is 10.0 Å². The zero-order valence-corrected chi connectivity index (χ0v) is 13.4. The Morgan fingerprint density at radius 2 is 2.17 bits per heavy atom. The average Bonchev–Trinajstić information content (AvgIpc) is 3.22. The van der Waals surface area contributed by atoms with E-state index in [0.717, 1.165) is 0 Å². The van der Waals surface area contributed by atoms with Gasteiger partial charge in [0.2, 0.25) is 10.0 Å². The van der Waals surface area contributed by atoms with Gasteiger partial charge < -0.3 is 8.94 Å². The Kier molecular flexibility index (Phi) is 4.05. The van der Waals surface area contributed by atoms with E-state index in [2.05, 4.69) is 15.0 Å². The largest absolute Gasteiger partial charge is 0.467 e. The van der Waals surface area contributed by atoms with Crippen LogP contribution in [-0.2, 0) is 10.0 Å². The summed E-state index contributed by atoms with van der Waals surface area (Å²) < 4.78 is 39.5. The van der Waals surface area contributed by atoms with Crippen molar-refractivity contribution in [1.82, 2.24) is 19.7 Å². The minimum absolute atomic E-state index is 0.0659. The van der Waals surface area contributed by atoms with E-state index < -0.39 is 16.1 Å². The highest BCUT2D eigenvalue weighted by Gasteiger charge is 2.26. The molecular formula is C14H16N4O4S. The molecule has 9 heteroatoms. The van der Waals surface area contributed by atoms with Crippen LogP contribution in [0.5, 0.6) is 0 Å². The van der Waals surface area contributed by atoms with E-state index in [4.69, 9.17) is 8.94 Å². The molecule has 0 fully saturated rings. The Labute approximate surface area is 133 Å². The summed E-state index contributed by atoms with van der Waals surface area (Å²) in [4.78, 5) is 0.0659. The van der Waals surface area contributed by atoms with Crippen molar-refractivity contribution < 1.29 is 17.4 Å². The number of aryl methyl sites for hydroxylation is 2. The zero-order valence-electron chi connectivity index (χ0n) is 12.6. The minimum atomic E-state index is -3.74. The Morgan fingerprint density at radius 3 is 2.74 bits per heavy atom. The molecule has 0 saturated heterocycles. The predicted molar refractivity (Wildman–Crippen MR) is 80.2 cm³/mol. The molecule has 3 heterocycles. The Hall–Kier alpha value is -2.39. The lowest BCUT2D eigenvalue weighted by Gasteiger charge is -2.16. The molecule has 0 aliphatic carbocycles. The normalized spacial score (nSPS) is 13.3. The zero-order chi connectivity index (χ0) is 16.4. The fraction of sp³-hybridized carbons (Fsp3) is 0.286. The number of nitrogens with one attached hydrogen (secondary N) is 1. The Balaban J connectivity index is 1.85. The number of nitrogens with zero attached hydrogens (tertiary/aromatic N) is 3. The third-order valence-corrected chi connectivity index (χ3v) is 5.09. The standard InChI is InChI=1S/C14H16N4O4S/c1-10-14(11(2)22-17-10)23(19,20)16-9-12(13-5-3-8-21-13)18-7-4-6-15-18/h3-8,12,16H,9H2,1-2H3. The van der Waals surface area contributed by atoms with Gasteiger partial charge in [0, 0.05) is 18.9 Å². The van der Waals surface area contributed by atoms with Crippen LogP contribution in [0.4, 0.5) is 0 Å². The lowest BCUT2D eigenvalue weighted by molar-refractivity contribution is 0.390. The van der Waals surface area contributed by atoms with Gasteiger partial charge in [-0.25, -0.2) is 13.1 Å². The van der Waals surface area contributed by atoms with Crippen molar-refractivity contribution in [2.75, 3.05) is 6.54 Å². The van der Waals surface area contributed by atoms with Crippen molar-refractivity contribution in [2.45, 2.75) is 24.8 Å². The maximum absolute atomic E-state index is 12.5. The summed E-state index contributed by atoms with van der Waals surface area (Å²) in [7, 11) is -3.74. The van der Waals surface area contributed by atoms with Gasteiger partial charge in [-0.15, -0.1) is 0 Å². The molecule has 0 saturated carbocycles. The molecule has 3 rings (SSSR count). The number of hydrogen-bond acceptors (Lipinski definition) is 6. The van der Waals surface area contributed by atoms with E-state index in [-0.39, 0.29) is 17.2 Å². The third kappa shape index (κ3) is 3.06. The maximum Gasteiger partial charge on any atom is 0.246 e. The molecule has 8 nitrogen and oxygen atoms in total.